The van der Waals surface area contributed by atoms with Gasteiger partial charge in [-0.1, -0.05) is 30.3 Å². The lowest BCUT2D eigenvalue weighted by Gasteiger charge is -2.37. The number of fused-ring (bicyclic) bond motifs is 1. The molecule has 3 rings (SSSR count). The molecule has 0 spiro atoms. The average Bonchev–Trinajstić information content (AvgIpc) is 2.60. The molecule has 0 saturated heterocycles. The summed E-state index contributed by atoms with van der Waals surface area (Å²) in [4.78, 5) is 14.5. The number of carbonyl (C=O) groups excluding carboxylic acids is 1. The van der Waals surface area contributed by atoms with E-state index in [1.807, 2.05) is 25.1 Å². The van der Waals surface area contributed by atoms with E-state index in [4.69, 9.17) is 4.74 Å². The van der Waals surface area contributed by atoms with Crippen LogP contribution in [0.5, 0.6) is 11.5 Å². The molecule has 0 radical (unpaired) electrons. The number of hydrogen-bond acceptors (Lipinski definition) is 4. The van der Waals surface area contributed by atoms with Gasteiger partial charge in [-0.15, -0.1) is 6.58 Å². The second-order valence-corrected chi connectivity index (χ2v) is 5.47. The minimum Gasteiger partial charge on any atom is -0.504 e. The van der Waals surface area contributed by atoms with Gasteiger partial charge in [0.05, 0.1) is 12.2 Å². The van der Waals surface area contributed by atoms with E-state index in [9.17, 15) is 9.90 Å². The van der Waals surface area contributed by atoms with E-state index < -0.39 is 6.17 Å². The summed E-state index contributed by atoms with van der Waals surface area (Å²) >= 11 is 0. The summed E-state index contributed by atoms with van der Waals surface area (Å²) in [5.41, 5.74) is 1.94. The van der Waals surface area contributed by atoms with Crippen LogP contribution in [-0.4, -0.2) is 29.1 Å². The van der Waals surface area contributed by atoms with Crippen molar-refractivity contribution in [3.05, 3.63) is 66.2 Å². The van der Waals surface area contributed by atoms with Gasteiger partial charge in [0.25, 0.3) is 5.91 Å². The molecule has 2 aromatic carbocycles. The topological polar surface area (TPSA) is 61.8 Å². The summed E-state index contributed by atoms with van der Waals surface area (Å²) < 4.78 is 5.46. The van der Waals surface area contributed by atoms with Crippen molar-refractivity contribution < 1.29 is 14.6 Å². The highest BCUT2D eigenvalue weighted by molar-refractivity contribution is 6.01. The van der Waals surface area contributed by atoms with E-state index in [-0.39, 0.29) is 11.7 Å². The van der Waals surface area contributed by atoms with Gasteiger partial charge in [-0.05, 0) is 25.1 Å². The van der Waals surface area contributed by atoms with Gasteiger partial charge in [-0.2, -0.15) is 0 Å². The summed E-state index contributed by atoms with van der Waals surface area (Å²) in [7, 11) is 0. The first-order chi connectivity index (χ1) is 11.7. The van der Waals surface area contributed by atoms with E-state index in [2.05, 4.69) is 11.9 Å². The number of carbonyl (C=O) groups is 1. The molecule has 1 aliphatic rings. The zero-order chi connectivity index (χ0) is 17.1. The number of aromatic hydroxyl groups is 1. The number of ether oxygens (including phenoxy) is 1. The summed E-state index contributed by atoms with van der Waals surface area (Å²) in [6, 6.07) is 12.6. The Balaban J connectivity index is 2.07. The monoisotopic (exact) mass is 324 g/mol. The van der Waals surface area contributed by atoms with Crippen molar-refractivity contribution in [2.24, 2.45) is 0 Å². The zero-order valence-corrected chi connectivity index (χ0v) is 13.5. The second kappa shape index (κ2) is 6.66. The normalized spacial score (nSPS) is 16.3. The number of anilines is 1. The summed E-state index contributed by atoms with van der Waals surface area (Å²) in [5, 5.41) is 13.9. The molecule has 1 heterocycles. The van der Waals surface area contributed by atoms with E-state index in [1.165, 1.54) is 0 Å². The van der Waals surface area contributed by atoms with Gasteiger partial charge >= 0.3 is 0 Å². The Labute approximate surface area is 141 Å². The van der Waals surface area contributed by atoms with Gasteiger partial charge in [-0.3, -0.25) is 4.79 Å². The molecule has 2 aromatic rings. The lowest BCUT2D eigenvalue weighted by Crippen LogP contribution is -2.43. The lowest BCUT2D eigenvalue weighted by atomic mass is 10.0. The number of phenolic OH excluding ortho intramolecular Hbond substituents is 1. The van der Waals surface area contributed by atoms with Crippen molar-refractivity contribution in [3.63, 3.8) is 0 Å². The van der Waals surface area contributed by atoms with Crippen molar-refractivity contribution in [1.29, 1.82) is 0 Å². The fourth-order valence-corrected chi connectivity index (χ4v) is 2.90. The van der Waals surface area contributed by atoms with Crippen molar-refractivity contribution in [1.82, 2.24) is 4.90 Å². The molecule has 1 aliphatic heterocycles. The van der Waals surface area contributed by atoms with Crippen LogP contribution in [0.2, 0.25) is 0 Å². The van der Waals surface area contributed by atoms with Crippen LogP contribution >= 0.6 is 0 Å². The highest BCUT2D eigenvalue weighted by atomic mass is 16.5. The van der Waals surface area contributed by atoms with Crippen LogP contribution in [0.3, 0.4) is 0 Å². The molecule has 124 valence electrons. The quantitative estimate of drug-likeness (QED) is 0.826. The molecule has 0 bridgehead atoms. The SMILES string of the molecule is C=CCN1C(=O)c2ccccc2NC1c1cccc(OCC)c1O. The molecule has 0 fully saturated rings. The van der Waals surface area contributed by atoms with Crippen LogP contribution in [0, 0.1) is 0 Å². The van der Waals surface area contributed by atoms with Gasteiger partial charge in [0.1, 0.15) is 6.17 Å². The maximum Gasteiger partial charge on any atom is 0.258 e. The number of rotatable bonds is 5. The maximum absolute atomic E-state index is 12.8. The third-order valence-electron chi connectivity index (χ3n) is 3.97. The van der Waals surface area contributed by atoms with E-state index in [0.717, 1.165) is 5.69 Å². The molecule has 1 atom stereocenters. The lowest BCUT2D eigenvalue weighted by molar-refractivity contribution is 0.0705. The number of benzene rings is 2. The Kier molecular flexibility index (Phi) is 4.42. The van der Waals surface area contributed by atoms with E-state index in [1.54, 1.807) is 35.2 Å². The number of nitrogens with one attached hydrogen (secondary N) is 1. The Bertz CT molecular complexity index is 773. The first-order valence-electron chi connectivity index (χ1n) is 7.89. The standard InChI is InChI=1S/C19H20N2O3/c1-3-12-21-18(14-9-7-11-16(17(14)22)24-4-2)20-15-10-6-5-8-13(15)19(21)23/h3,5-11,18,20,22H,1,4,12H2,2H3. The van der Waals surface area contributed by atoms with Crippen molar-refractivity contribution in [2.45, 2.75) is 13.1 Å². The molecule has 0 saturated carbocycles. The molecule has 1 amide bonds. The predicted molar refractivity (Wildman–Crippen MR) is 93.3 cm³/mol. The first-order valence-corrected chi connectivity index (χ1v) is 7.89. The van der Waals surface area contributed by atoms with Gasteiger partial charge in [0.2, 0.25) is 0 Å². The molecule has 0 aromatic heterocycles. The smallest absolute Gasteiger partial charge is 0.258 e. The minimum absolute atomic E-state index is 0.0399. The summed E-state index contributed by atoms with van der Waals surface area (Å²) in [6.07, 6.45) is 1.18. The molecule has 1 unspecified atom stereocenters. The number of amides is 1. The van der Waals surface area contributed by atoms with Crippen LogP contribution in [-0.2, 0) is 0 Å². The molecular weight excluding hydrogens is 304 g/mol. The highest BCUT2D eigenvalue weighted by Crippen LogP contribution is 2.40. The summed E-state index contributed by atoms with van der Waals surface area (Å²) in [6.45, 7) is 6.41. The number of para-hydroxylation sites is 2. The predicted octanol–water partition coefficient (Wildman–Crippen LogP) is 3.54. The number of hydrogen-bond donors (Lipinski definition) is 2. The molecule has 0 aliphatic carbocycles. The highest BCUT2D eigenvalue weighted by Gasteiger charge is 2.33. The van der Waals surface area contributed by atoms with Gasteiger partial charge in [-0.25, -0.2) is 0 Å². The van der Waals surface area contributed by atoms with Gasteiger partial charge in [0, 0.05) is 17.8 Å². The van der Waals surface area contributed by atoms with Crippen LogP contribution < -0.4 is 10.1 Å². The zero-order valence-electron chi connectivity index (χ0n) is 13.5. The summed E-state index contributed by atoms with van der Waals surface area (Å²) in [5.74, 6) is 0.343. The Morgan fingerprint density at radius 3 is 2.83 bits per heavy atom. The van der Waals surface area contributed by atoms with Gasteiger partial charge < -0.3 is 20.1 Å². The first kappa shape index (κ1) is 15.9. The third-order valence-corrected chi connectivity index (χ3v) is 3.97. The fraction of sp³-hybridized carbons (Fsp3) is 0.211. The van der Waals surface area contributed by atoms with E-state index in [0.29, 0.717) is 30.0 Å². The molecule has 2 N–H and O–H groups in total. The van der Waals surface area contributed by atoms with Crippen molar-refractivity contribution in [2.75, 3.05) is 18.5 Å². The Morgan fingerprint density at radius 2 is 2.08 bits per heavy atom. The van der Waals surface area contributed by atoms with E-state index >= 15 is 0 Å². The van der Waals surface area contributed by atoms with Crippen LogP contribution in [0.15, 0.2) is 55.1 Å². The Morgan fingerprint density at radius 1 is 1.29 bits per heavy atom. The van der Waals surface area contributed by atoms with Gasteiger partial charge in [0.15, 0.2) is 11.5 Å². The van der Waals surface area contributed by atoms with Crippen LogP contribution in [0.4, 0.5) is 5.69 Å². The molecule has 5 heteroatoms. The second-order valence-electron chi connectivity index (χ2n) is 5.47. The Hall–Kier alpha value is -2.95. The molecular formula is C19H20N2O3. The van der Waals surface area contributed by atoms with Crippen LogP contribution in [0.1, 0.15) is 29.0 Å². The van der Waals surface area contributed by atoms with Crippen molar-refractivity contribution >= 4 is 11.6 Å². The fourth-order valence-electron chi connectivity index (χ4n) is 2.90. The third kappa shape index (κ3) is 2.69. The largest absolute Gasteiger partial charge is 0.504 e. The molecule has 24 heavy (non-hydrogen) atoms. The number of phenols is 1. The van der Waals surface area contributed by atoms with Crippen LogP contribution in [0.25, 0.3) is 0 Å². The maximum atomic E-state index is 12.8. The average molecular weight is 324 g/mol. The molecule has 5 nitrogen and oxygen atoms in total. The number of nitrogens with zero attached hydrogens (tertiary/aromatic N) is 1. The minimum atomic E-state index is -0.495. The van der Waals surface area contributed by atoms with Crippen molar-refractivity contribution in [3.8, 4) is 11.5 Å².